The Morgan fingerprint density at radius 2 is 2.16 bits per heavy atom. The largest absolute Gasteiger partial charge is 0.348 e. The lowest BCUT2D eigenvalue weighted by Gasteiger charge is -2.20. The van der Waals surface area contributed by atoms with E-state index in [1.54, 1.807) is 6.92 Å². The van der Waals surface area contributed by atoms with Crippen LogP contribution in [-0.2, 0) is 4.79 Å². The van der Waals surface area contributed by atoms with Crippen molar-refractivity contribution in [3.63, 3.8) is 0 Å². The summed E-state index contributed by atoms with van der Waals surface area (Å²) in [4.78, 5) is 22.8. The minimum atomic E-state index is -2.50. The highest BCUT2D eigenvalue weighted by Crippen LogP contribution is 2.11. The van der Waals surface area contributed by atoms with Gasteiger partial charge in [0.2, 0.25) is 5.91 Å². The molecule has 1 aliphatic heterocycles. The van der Waals surface area contributed by atoms with Gasteiger partial charge in [0.05, 0.1) is 25.8 Å². The maximum atomic E-state index is 12.5. The van der Waals surface area contributed by atoms with Crippen LogP contribution < -0.4 is 10.6 Å². The molecule has 0 saturated carbocycles. The molecule has 0 bridgehead atoms. The fraction of sp³-hybridized carbons (Fsp3) is 0.667. The molecule has 0 spiro atoms. The summed E-state index contributed by atoms with van der Waals surface area (Å²) in [6.07, 6.45) is -3.97. The Kier molecular flexibility index (Phi) is 5.24. The number of hydrogen-bond acceptors (Lipinski definition) is 5. The van der Waals surface area contributed by atoms with Gasteiger partial charge in [0.1, 0.15) is 0 Å². The summed E-state index contributed by atoms with van der Waals surface area (Å²) >= 11 is 0. The Labute approximate surface area is 106 Å². The first kappa shape index (κ1) is 15.4. The quantitative estimate of drug-likeness (QED) is 0.549. The molecule has 19 heavy (non-hydrogen) atoms. The first-order valence-electron chi connectivity index (χ1n) is 5.42. The van der Waals surface area contributed by atoms with E-state index in [0.717, 1.165) is 0 Å². The Bertz CT molecular complexity index is 400. The molecule has 1 heterocycles. The van der Waals surface area contributed by atoms with Gasteiger partial charge >= 0.3 is 6.08 Å². The molecule has 108 valence electrons. The van der Waals surface area contributed by atoms with Gasteiger partial charge < -0.3 is 5.32 Å². The van der Waals surface area contributed by atoms with Gasteiger partial charge in [0.25, 0.3) is 6.17 Å². The van der Waals surface area contributed by atoms with Crippen LogP contribution in [0.25, 0.3) is 0 Å². The zero-order valence-electron chi connectivity index (χ0n) is 10.0. The summed E-state index contributed by atoms with van der Waals surface area (Å²) in [7, 11) is 0. The fourth-order valence-electron chi connectivity index (χ4n) is 1.67. The Balaban J connectivity index is 2.51. The average Bonchev–Trinajstić information content (AvgIpc) is 2.68. The molecule has 0 radical (unpaired) electrons. The second-order valence-corrected chi connectivity index (χ2v) is 3.96. The number of nitrogens with zero attached hydrogens (tertiary/aromatic N) is 2. The number of nitro groups is 1. The predicted molar refractivity (Wildman–Crippen MR) is 58.3 cm³/mol. The van der Waals surface area contributed by atoms with Crippen molar-refractivity contribution in [2.45, 2.75) is 19.3 Å². The van der Waals surface area contributed by atoms with Crippen molar-refractivity contribution in [2.24, 2.45) is 0 Å². The molecule has 1 rings (SSSR count). The minimum absolute atomic E-state index is 0.0782. The molecule has 0 aromatic rings. The van der Waals surface area contributed by atoms with Crippen molar-refractivity contribution in [2.75, 3.05) is 19.6 Å². The smallest absolute Gasteiger partial charge is 0.303 e. The first-order chi connectivity index (χ1) is 8.82. The van der Waals surface area contributed by atoms with E-state index in [9.17, 15) is 28.1 Å². The third-order valence-corrected chi connectivity index (χ3v) is 2.69. The van der Waals surface area contributed by atoms with Crippen molar-refractivity contribution in [1.29, 1.82) is 0 Å². The summed E-state index contributed by atoms with van der Waals surface area (Å²) in [5.74, 6) is -2.49. The molecule has 2 N–H and O–H groups in total. The van der Waals surface area contributed by atoms with Crippen LogP contribution in [0.2, 0.25) is 0 Å². The topological polar surface area (TPSA) is 87.5 Å². The van der Waals surface area contributed by atoms with Gasteiger partial charge in [-0.3, -0.25) is 20.2 Å². The number of amides is 1. The number of hydrogen-bond donors (Lipinski definition) is 2. The van der Waals surface area contributed by atoms with Gasteiger partial charge in [-0.2, -0.15) is 8.78 Å². The van der Waals surface area contributed by atoms with Crippen molar-refractivity contribution < 1.29 is 22.9 Å². The van der Waals surface area contributed by atoms with E-state index in [1.165, 1.54) is 4.90 Å². The molecule has 1 saturated heterocycles. The lowest BCUT2D eigenvalue weighted by molar-refractivity contribution is -0.542. The second-order valence-electron chi connectivity index (χ2n) is 3.96. The number of rotatable bonds is 5. The maximum absolute atomic E-state index is 12.5. The fourth-order valence-corrected chi connectivity index (χ4v) is 1.67. The Morgan fingerprint density at radius 3 is 2.68 bits per heavy atom. The molecule has 7 nitrogen and oxygen atoms in total. The van der Waals surface area contributed by atoms with Crippen LogP contribution in [0.1, 0.15) is 6.92 Å². The zero-order chi connectivity index (χ0) is 14.6. The van der Waals surface area contributed by atoms with Gasteiger partial charge in [-0.1, -0.05) is 0 Å². The van der Waals surface area contributed by atoms with Gasteiger partial charge in [0, 0.05) is 4.92 Å². The highest BCUT2D eigenvalue weighted by atomic mass is 19.3. The monoisotopic (exact) mass is 282 g/mol. The van der Waals surface area contributed by atoms with E-state index in [4.69, 9.17) is 0 Å². The van der Waals surface area contributed by atoms with E-state index in [0.29, 0.717) is 0 Å². The van der Waals surface area contributed by atoms with Crippen LogP contribution in [0.4, 0.5) is 13.2 Å². The predicted octanol–water partition coefficient (Wildman–Crippen LogP) is 0.0342. The summed E-state index contributed by atoms with van der Waals surface area (Å²) in [5.41, 5.74) is 0. The molecule has 1 amide bonds. The molecule has 0 aromatic heterocycles. The molecule has 2 atom stereocenters. The summed E-state index contributed by atoms with van der Waals surface area (Å²) in [5, 5.41) is 15.4. The molecular formula is C9H13F3N4O3. The van der Waals surface area contributed by atoms with Crippen LogP contribution in [-0.4, -0.2) is 47.7 Å². The minimum Gasteiger partial charge on any atom is -0.348 e. The van der Waals surface area contributed by atoms with Gasteiger partial charge in [-0.25, -0.2) is 9.29 Å². The van der Waals surface area contributed by atoms with E-state index in [2.05, 4.69) is 5.32 Å². The third kappa shape index (κ3) is 4.17. The normalized spacial score (nSPS) is 23.2. The van der Waals surface area contributed by atoms with Crippen LogP contribution >= 0.6 is 0 Å². The SMILES string of the molecule is CC1NCC([N+](=O)[O-])N1CC(=O)NCC(F)=C(F)F. The Morgan fingerprint density at radius 1 is 1.53 bits per heavy atom. The lowest BCUT2D eigenvalue weighted by Crippen LogP contribution is -2.47. The zero-order valence-corrected chi connectivity index (χ0v) is 10.0. The summed E-state index contributed by atoms with van der Waals surface area (Å²) in [6.45, 7) is 0.397. The van der Waals surface area contributed by atoms with E-state index >= 15 is 0 Å². The highest BCUT2D eigenvalue weighted by molar-refractivity contribution is 5.78. The average molecular weight is 282 g/mol. The van der Waals surface area contributed by atoms with Crippen molar-refractivity contribution >= 4 is 5.91 Å². The van der Waals surface area contributed by atoms with Crippen molar-refractivity contribution in [3.05, 3.63) is 22.0 Å². The van der Waals surface area contributed by atoms with E-state index < -0.39 is 41.6 Å². The van der Waals surface area contributed by atoms with Gasteiger partial charge in [-0.05, 0) is 6.92 Å². The van der Waals surface area contributed by atoms with Crippen LogP contribution in [0.3, 0.4) is 0 Å². The Hall–Kier alpha value is -1.68. The molecular weight excluding hydrogens is 269 g/mol. The van der Waals surface area contributed by atoms with Crippen molar-refractivity contribution in [3.8, 4) is 0 Å². The molecule has 2 unspecified atom stereocenters. The van der Waals surface area contributed by atoms with Crippen LogP contribution in [0, 0.1) is 10.1 Å². The van der Waals surface area contributed by atoms with Gasteiger partial charge in [-0.15, -0.1) is 0 Å². The highest BCUT2D eigenvalue weighted by Gasteiger charge is 2.39. The summed E-state index contributed by atoms with van der Waals surface area (Å²) < 4.78 is 36.0. The molecule has 1 fully saturated rings. The summed E-state index contributed by atoms with van der Waals surface area (Å²) in [6, 6.07) is 0. The molecule has 1 aliphatic rings. The second kappa shape index (κ2) is 6.48. The number of halogens is 3. The number of nitrogens with one attached hydrogen (secondary N) is 2. The molecule has 0 aliphatic carbocycles. The van der Waals surface area contributed by atoms with Gasteiger partial charge in [0.15, 0.2) is 5.83 Å². The standard InChI is InChI=1S/C9H13F3N4O3/c1-5-13-3-8(16(18)19)15(5)4-7(17)14-2-6(10)9(11)12/h5,8,13H,2-4H2,1H3,(H,14,17). The van der Waals surface area contributed by atoms with Crippen LogP contribution in [0.15, 0.2) is 11.9 Å². The maximum Gasteiger partial charge on any atom is 0.303 e. The molecule has 10 heteroatoms. The third-order valence-electron chi connectivity index (χ3n) is 2.69. The number of carbonyl (C=O) groups excluding carboxylic acids is 1. The van der Waals surface area contributed by atoms with E-state index in [-0.39, 0.29) is 13.1 Å². The lowest BCUT2D eigenvalue weighted by atomic mass is 10.4. The molecule has 0 aromatic carbocycles. The van der Waals surface area contributed by atoms with Crippen LogP contribution in [0.5, 0.6) is 0 Å². The van der Waals surface area contributed by atoms with Crippen molar-refractivity contribution in [1.82, 2.24) is 15.5 Å². The van der Waals surface area contributed by atoms with E-state index in [1.807, 2.05) is 5.32 Å². The first-order valence-corrected chi connectivity index (χ1v) is 5.42. The number of carbonyl (C=O) groups is 1.